The Balaban J connectivity index is 1.13. The molecule has 2 heterocycles. The van der Waals surface area contributed by atoms with Crippen molar-refractivity contribution < 1.29 is 0 Å². The molecule has 3 nitrogen and oxygen atoms in total. The minimum absolute atomic E-state index is 0.698. The van der Waals surface area contributed by atoms with Crippen LogP contribution in [0.1, 0.15) is 0 Å². The molecule has 0 aliphatic rings. The summed E-state index contributed by atoms with van der Waals surface area (Å²) in [5, 5.41) is 7.49. The first kappa shape index (κ1) is 31.5. The third-order valence-corrected chi connectivity index (χ3v) is 10.4. The molecule has 0 radical (unpaired) electrons. The molecule has 0 aliphatic heterocycles. The van der Waals surface area contributed by atoms with E-state index < -0.39 is 0 Å². The predicted octanol–water partition coefficient (Wildman–Crippen LogP) is 13.3. The monoisotopic (exact) mass is 687 g/mol. The molecule has 0 bridgehead atoms. The van der Waals surface area contributed by atoms with Crippen molar-refractivity contribution in [3.63, 3.8) is 0 Å². The molecule has 0 saturated heterocycles. The summed E-state index contributed by atoms with van der Waals surface area (Å²) in [6.07, 6.45) is 3.69. The molecule has 10 rings (SSSR count). The predicted molar refractivity (Wildman–Crippen MR) is 225 cm³/mol. The lowest BCUT2D eigenvalue weighted by molar-refractivity contribution is 1.18. The first-order valence-electron chi connectivity index (χ1n) is 18.3. The molecule has 0 saturated carbocycles. The number of benzene rings is 8. The third-order valence-electron chi connectivity index (χ3n) is 10.4. The average molecular weight is 688 g/mol. The van der Waals surface area contributed by atoms with E-state index in [4.69, 9.17) is 9.97 Å². The summed E-state index contributed by atoms with van der Waals surface area (Å²) in [4.78, 5) is 14.5. The normalized spacial score (nSPS) is 11.3. The molecule has 2 aromatic heterocycles. The molecule has 0 N–H and O–H groups in total. The Bertz CT molecular complexity index is 2940. The van der Waals surface area contributed by atoms with Crippen LogP contribution in [-0.4, -0.2) is 15.0 Å². The lowest BCUT2D eigenvalue weighted by atomic mass is 9.84. The Labute approximate surface area is 313 Å². The zero-order valence-corrected chi connectivity index (χ0v) is 29.4. The maximum absolute atomic E-state index is 5.13. The summed E-state index contributed by atoms with van der Waals surface area (Å²) in [6, 6.07) is 66.7. The Hall–Kier alpha value is -7.23. The summed E-state index contributed by atoms with van der Waals surface area (Å²) >= 11 is 0. The van der Waals surface area contributed by atoms with Crippen LogP contribution in [0, 0.1) is 0 Å². The van der Waals surface area contributed by atoms with Gasteiger partial charge in [-0.1, -0.05) is 176 Å². The number of pyridine rings is 1. The van der Waals surface area contributed by atoms with E-state index in [1.165, 1.54) is 54.6 Å². The molecule has 8 aromatic carbocycles. The number of fused-ring (bicyclic) bond motifs is 4. The highest BCUT2D eigenvalue weighted by molar-refractivity contribution is 6.27. The van der Waals surface area contributed by atoms with Crippen LogP contribution in [-0.2, 0) is 0 Å². The van der Waals surface area contributed by atoms with E-state index in [2.05, 4.69) is 169 Å². The molecule has 0 atom stereocenters. The fourth-order valence-electron chi connectivity index (χ4n) is 7.80. The van der Waals surface area contributed by atoms with Gasteiger partial charge in [-0.2, -0.15) is 0 Å². The highest BCUT2D eigenvalue weighted by atomic mass is 14.9. The van der Waals surface area contributed by atoms with E-state index >= 15 is 0 Å². The van der Waals surface area contributed by atoms with Crippen LogP contribution in [0.2, 0.25) is 0 Å². The van der Waals surface area contributed by atoms with Crippen molar-refractivity contribution in [1.29, 1.82) is 0 Å². The topological polar surface area (TPSA) is 38.7 Å². The fourth-order valence-corrected chi connectivity index (χ4v) is 7.80. The molecule has 0 fully saturated rings. The van der Waals surface area contributed by atoms with Crippen molar-refractivity contribution in [2.45, 2.75) is 0 Å². The molecule has 252 valence electrons. The van der Waals surface area contributed by atoms with Crippen molar-refractivity contribution in [1.82, 2.24) is 15.0 Å². The fraction of sp³-hybridized carbons (Fsp3) is 0. The molecule has 0 spiro atoms. The maximum atomic E-state index is 5.13. The molecule has 54 heavy (non-hydrogen) atoms. The summed E-state index contributed by atoms with van der Waals surface area (Å²) in [6.45, 7) is 0. The molecular formula is C51H33N3. The first-order chi connectivity index (χ1) is 26.8. The minimum atomic E-state index is 0.698. The number of nitrogens with zero attached hydrogens (tertiary/aromatic N) is 3. The SMILES string of the molecule is c1ccc(-c2nc(-c3ccc(-c4cccnc4)cc3)cc(-c3ccc(-c4c5ccccc5c(-c5ccccc5)c5c4ccc4ccccc45)cc3)n2)cc1. The van der Waals surface area contributed by atoms with E-state index in [1.54, 1.807) is 6.20 Å². The quantitative estimate of drug-likeness (QED) is 0.129. The molecule has 0 aliphatic carbocycles. The number of hydrogen-bond donors (Lipinski definition) is 0. The van der Waals surface area contributed by atoms with Gasteiger partial charge in [0.15, 0.2) is 5.82 Å². The van der Waals surface area contributed by atoms with Gasteiger partial charge in [0.1, 0.15) is 0 Å². The van der Waals surface area contributed by atoms with E-state index in [0.29, 0.717) is 5.82 Å². The first-order valence-corrected chi connectivity index (χ1v) is 18.3. The standard InChI is InChI=1S/C51H33N3/c1-3-13-38(14-4-1)49-44-20-10-9-19-43(44)48(45-30-29-35-12-7-8-18-42(35)50(45)49)39-27-25-37(26-28-39)47-32-46(53-51(54-47)40-15-5-2-6-16-40)36-23-21-34(22-24-36)41-17-11-31-52-33-41/h1-33H. The Morgan fingerprint density at radius 3 is 1.48 bits per heavy atom. The Morgan fingerprint density at radius 2 is 0.833 bits per heavy atom. The second-order valence-corrected chi connectivity index (χ2v) is 13.6. The highest BCUT2D eigenvalue weighted by Crippen LogP contribution is 2.46. The second-order valence-electron chi connectivity index (χ2n) is 13.6. The van der Waals surface area contributed by atoms with Crippen LogP contribution >= 0.6 is 0 Å². The van der Waals surface area contributed by atoms with Gasteiger partial charge >= 0.3 is 0 Å². The lowest BCUT2D eigenvalue weighted by Gasteiger charge is -2.19. The van der Waals surface area contributed by atoms with Crippen molar-refractivity contribution in [2.75, 3.05) is 0 Å². The van der Waals surface area contributed by atoms with Crippen LogP contribution in [0.25, 0.3) is 99.6 Å². The van der Waals surface area contributed by atoms with Gasteiger partial charge in [-0.15, -0.1) is 0 Å². The van der Waals surface area contributed by atoms with E-state index in [0.717, 1.165) is 39.2 Å². The van der Waals surface area contributed by atoms with E-state index in [9.17, 15) is 0 Å². The van der Waals surface area contributed by atoms with Crippen LogP contribution in [0.5, 0.6) is 0 Å². The molecule has 0 amide bonds. The minimum Gasteiger partial charge on any atom is -0.264 e. The van der Waals surface area contributed by atoms with E-state index in [1.807, 2.05) is 30.5 Å². The largest absolute Gasteiger partial charge is 0.264 e. The smallest absolute Gasteiger partial charge is 0.160 e. The maximum Gasteiger partial charge on any atom is 0.160 e. The number of aromatic nitrogens is 3. The van der Waals surface area contributed by atoms with Gasteiger partial charge in [0, 0.05) is 29.1 Å². The van der Waals surface area contributed by atoms with Gasteiger partial charge < -0.3 is 0 Å². The van der Waals surface area contributed by atoms with Gasteiger partial charge in [-0.05, 0) is 77.8 Å². The lowest BCUT2D eigenvalue weighted by Crippen LogP contribution is -1.96. The van der Waals surface area contributed by atoms with Crippen molar-refractivity contribution in [2.24, 2.45) is 0 Å². The zero-order chi connectivity index (χ0) is 35.8. The molecule has 0 unspecified atom stereocenters. The van der Waals surface area contributed by atoms with Gasteiger partial charge in [-0.25, -0.2) is 9.97 Å². The summed E-state index contributed by atoms with van der Waals surface area (Å²) < 4.78 is 0. The highest BCUT2D eigenvalue weighted by Gasteiger charge is 2.19. The van der Waals surface area contributed by atoms with Crippen molar-refractivity contribution >= 4 is 32.3 Å². The summed E-state index contributed by atoms with van der Waals surface area (Å²) in [7, 11) is 0. The number of hydrogen-bond acceptors (Lipinski definition) is 3. The Kier molecular flexibility index (Phi) is 7.81. The molecule has 3 heteroatoms. The number of rotatable bonds is 6. The van der Waals surface area contributed by atoms with Gasteiger partial charge in [0.25, 0.3) is 0 Å². The van der Waals surface area contributed by atoms with Crippen LogP contribution < -0.4 is 0 Å². The van der Waals surface area contributed by atoms with Crippen LogP contribution in [0.3, 0.4) is 0 Å². The molecule has 10 aromatic rings. The Morgan fingerprint density at radius 1 is 0.315 bits per heavy atom. The van der Waals surface area contributed by atoms with Gasteiger partial charge in [0.05, 0.1) is 11.4 Å². The van der Waals surface area contributed by atoms with Gasteiger partial charge in [0.2, 0.25) is 0 Å². The molecular weight excluding hydrogens is 655 g/mol. The van der Waals surface area contributed by atoms with Crippen LogP contribution in [0.15, 0.2) is 200 Å². The van der Waals surface area contributed by atoms with E-state index in [-0.39, 0.29) is 0 Å². The summed E-state index contributed by atoms with van der Waals surface area (Å²) in [5.41, 5.74) is 11.9. The van der Waals surface area contributed by atoms with Gasteiger partial charge in [-0.3, -0.25) is 4.98 Å². The third kappa shape index (κ3) is 5.60. The van der Waals surface area contributed by atoms with Crippen molar-refractivity contribution in [3.05, 3.63) is 200 Å². The summed E-state index contributed by atoms with van der Waals surface area (Å²) in [5.74, 6) is 0.698. The second kappa shape index (κ2) is 13.4. The van der Waals surface area contributed by atoms with Crippen molar-refractivity contribution in [3.8, 4) is 67.3 Å². The zero-order valence-electron chi connectivity index (χ0n) is 29.4. The van der Waals surface area contributed by atoms with Crippen LogP contribution in [0.4, 0.5) is 0 Å². The average Bonchev–Trinajstić information content (AvgIpc) is 3.26.